The van der Waals surface area contributed by atoms with Gasteiger partial charge in [0, 0.05) is 12.3 Å². The molecule has 0 aliphatic heterocycles. The van der Waals surface area contributed by atoms with Gasteiger partial charge < -0.3 is 0 Å². The lowest BCUT2D eigenvalue weighted by Crippen LogP contribution is -2.05. The molecular formula is C9H15N3. The van der Waals surface area contributed by atoms with Crippen molar-refractivity contribution in [1.29, 1.82) is 0 Å². The maximum Gasteiger partial charge on any atom is 0.135 e. The minimum Gasteiger partial charge on any atom is -0.218 e. The zero-order chi connectivity index (χ0) is 9.14. The van der Waals surface area contributed by atoms with E-state index in [-0.39, 0.29) is 0 Å². The summed E-state index contributed by atoms with van der Waals surface area (Å²) < 4.78 is 0. The van der Waals surface area contributed by atoms with Crippen LogP contribution in [0.25, 0.3) is 0 Å². The Morgan fingerprint density at radius 1 is 1.17 bits per heavy atom. The van der Waals surface area contributed by atoms with Crippen molar-refractivity contribution < 1.29 is 0 Å². The summed E-state index contributed by atoms with van der Waals surface area (Å²) in [6, 6.07) is 0. The first-order valence-electron chi connectivity index (χ1n) is 4.35. The van der Waals surface area contributed by atoms with E-state index in [0.29, 0.717) is 5.92 Å². The third-order valence-corrected chi connectivity index (χ3v) is 1.64. The van der Waals surface area contributed by atoms with Gasteiger partial charge in [-0.3, -0.25) is 0 Å². The highest BCUT2D eigenvalue weighted by atomic mass is 15.0. The topological polar surface area (TPSA) is 38.7 Å². The normalized spacial score (nSPS) is 10.8. The van der Waals surface area contributed by atoms with Gasteiger partial charge in [0.2, 0.25) is 0 Å². The largest absolute Gasteiger partial charge is 0.218 e. The number of hydrogen-bond donors (Lipinski definition) is 0. The Kier molecular flexibility index (Phi) is 2.74. The lowest BCUT2D eigenvalue weighted by molar-refractivity contribution is 0.719. The van der Waals surface area contributed by atoms with Crippen LogP contribution in [-0.4, -0.2) is 15.0 Å². The molecule has 0 saturated carbocycles. The maximum absolute atomic E-state index is 4.33. The van der Waals surface area contributed by atoms with Gasteiger partial charge in [0.15, 0.2) is 0 Å². The molecule has 1 rings (SSSR count). The molecule has 66 valence electrons. The Bertz CT molecular complexity index is 268. The van der Waals surface area contributed by atoms with E-state index in [4.69, 9.17) is 0 Å². The third kappa shape index (κ3) is 2.00. The van der Waals surface area contributed by atoms with E-state index in [1.165, 1.54) is 0 Å². The SMILES string of the molecule is CCc1nc(C)nc(C(C)C)n1. The average Bonchev–Trinajstić information content (AvgIpc) is 2.03. The molecule has 0 amide bonds. The van der Waals surface area contributed by atoms with E-state index in [1.54, 1.807) is 0 Å². The van der Waals surface area contributed by atoms with Gasteiger partial charge in [-0.1, -0.05) is 20.8 Å². The summed E-state index contributed by atoms with van der Waals surface area (Å²) in [6.07, 6.45) is 0.878. The molecule has 1 aromatic rings. The van der Waals surface area contributed by atoms with Crippen molar-refractivity contribution >= 4 is 0 Å². The van der Waals surface area contributed by atoms with Crippen molar-refractivity contribution in [3.8, 4) is 0 Å². The van der Waals surface area contributed by atoms with Crippen LogP contribution in [0.15, 0.2) is 0 Å². The Morgan fingerprint density at radius 2 is 1.83 bits per heavy atom. The molecule has 12 heavy (non-hydrogen) atoms. The van der Waals surface area contributed by atoms with Gasteiger partial charge >= 0.3 is 0 Å². The summed E-state index contributed by atoms with van der Waals surface area (Å²) in [4.78, 5) is 12.8. The minimum atomic E-state index is 0.386. The van der Waals surface area contributed by atoms with Gasteiger partial charge in [-0.05, 0) is 6.92 Å². The summed E-state index contributed by atoms with van der Waals surface area (Å²) in [6.45, 7) is 8.15. The highest BCUT2D eigenvalue weighted by molar-refractivity contribution is 4.99. The van der Waals surface area contributed by atoms with E-state index < -0.39 is 0 Å². The fourth-order valence-electron chi connectivity index (χ4n) is 0.976. The molecule has 3 nitrogen and oxygen atoms in total. The molecule has 1 aromatic heterocycles. The molecular weight excluding hydrogens is 150 g/mol. The van der Waals surface area contributed by atoms with E-state index in [9.17, 15) is 0 Å². The molecule has 0 bridgehead atoms. The first-order valence-corrected chi connectivity index (χ1v) is 4.35. The van der Waals surface area contributed by atoms with Crippen LogP contribution >= 0.6 is 0 Å². The molecule has 0 atom stereocenters. The molecule has 1 heterocycles. The Balaban J connectivity index is 3.06. The van der Waals surface area contributed by atoms with E-state index in [1.807, 2.05) is 6.92 Å². The monoisotopic (exact) mass is 165 g/mol. The van der Waals surface area contributed by atoms with Gasteiger partial charge in [0.1, 0.15) is 17.5 Å². The highest BCUT2D eigenvalue weighted by Gasteiger charge is 2.05. The summed E-state index contributed by atoms with van der Waals surface area (Å²) in [5, 5.41) is 0. The zero-order valence-corrected chi connectivity index (χ0v) is 8.13. The van der Waals surface area contributed by atoms with Crippen molar-refractivity contribution in [2.24, 2.45) is 0 Å². The first kappa shape index (κ1) is 9.10. The summed E-state index contributed by atoms with van der Waals surface area (Å²) in [5.41, 5.74) is 0. The van der Waals surface area contributed by atoms with Crippen LogP contribution in [0.2, 0.25) is 0 Å². The molecule has 0 unspecified atom stereocenters. The molecule has 0 saturated heterocycles. The zero-order valence-electron chi connectivity index (χ0n) is 8.13. The lowest BCUT2D eigenvalue weighted by Gasteiger charge is -2.05. The average molecular weight is 165 g/mol. The Labute approximate surface area is 73.3 Å². The van der Waals surface area contributed by atoms with Crippen molar-refractivity contribution in [3.63, 3.8) is 0 Å². The highest BCUT2D eigenvalue weighted by Crippen LogP contribution is 2.08. The van der Waals surface area contributed by atoms with Crippen LogP contribution in [0.4, 0.5) is 0 Å². The molecule has 0 radical (unpaired) electrons. The molecule has 0 spiro atoms. The van der Waals surface area contributed by atoms with Crippen molar-refractivity contribution in [2.45, 2.75) is 40.0 Å². The van der Waals surface area contributed by atoms with Crippen LogP contribution < -0.4 is 0 Å². The quantitative estimate of drug-likeness (QED) is 0.671. The number of rotatable bonds is 2. The fraction of sp³-hybridized carbons (Fsp3) is 0.667. The smallest absolute Gasteiger partial charge is 0.135 e. The molecule has 0 aliphatic rings. The van der Waals surface area contributed by atoms with Crippen LogP contribution in [-0.2, 0) is 6.42 Å². The van der Waals surface area contributed by atoms with Crippen LogP contribution in [0.3, 0.4) is 0 Å². The molecule has 3 heteroatoms. The van der Waals surface area contributed by atoms with Gasteiger partial charge in [0.05, 0.1) is 0 Å². The standard InChI is InChI=1S/C9H15N3/c1-5-8-10-7(4)11-9(12-8)6(2)3/h6H,5H2,1-4H3. The van der Waals surface area contributed by atoms with E-state index in [0.717, 1.165) is 23.9 Å². The number of nitrogens with zero attached hydrogens (tertiary/aromatic N) is 3. The minimum absolute atomic E-state index is 0.386. The summed E-state index contributed by atoms with van der Waals surface area (Å²) in [5.74, 6) is 3.01. The number of aromatic nitrogens is 3. The molecule has 0 aliphatic carbocycles. The van der Waals surface area contributed by atoms with Crippen molar-refractivity contribution in [1.82, 2.24) is 15.0 Å². The Morgan fingerprint density at radius 3 is 2.33 bits per heavy atom. The van der Waals surface area contributed by atoms with Crippen molar-refractivity contribution in [3.05, 3.63) is 17.5 Å². The van der Waals surface area contributed by atoms with Crippen LogP contribution in [0.5, 0.6) is 0 Å². The second-order valence-corrected chi connectivity index (χ2v) is 3.17. The van der Waals surface area contributed by atoms with Crippen LogP contribution in [0.1, 0.15) is 44.2 Å². The second kappa shape index (κ2) is 3.61. The summed E-state index contributed by atoms with van der Waals surface area (Å²) >= 11 is 0. The fourth-order valence-corrected chi connectivity index (χ4v) is 0.976. The first-order chi connectivity index (χ1) is 5.63. The van der Waals surface area contributed by atoms with E-state index in [2.05, 4.69) is 35.7 Å². The molecule has 0 fully saturated rings. The van der Waals surface area contributed by atoms with E-state index >= 15 is 0 Å². The van der Waals surface area contributed by atoms with Gasteiger partial charge in [-0.15, -0.1) is 0 Å². The maximum atomic E-state index is 4.33. The van der Waals surface area contributed by atoms with Crippen LogP contribution in [0, 0.1) is 6.92 Å². The number of hydrogen-bond acceptors (Lipinski definition) is 3. The number of aryl methyl sites for hydroxylation is 2. The predicted octanol–water partition coefficient (Wildman–Crippen LogP) is 1.87. The van der Waals surface area contributed by atoms with Crippen molar-refractivity contribution in [2.75, 3.05) is 0 Å². The second-order valence-electron chi connectivity index (χ2n) is 3.17. The lowest BCUT2D eigenvalue weighted by atomic mass is 10.2. The van der Waals surface area contributed by atoms with Gasteiger partial charge in [0.25, 0.3) is 0 Å². The van der Waals surface area contributed by atoms with Gasteiger partial charge in [-0.2, -0.15) is 0 Å². The third-order valence-electron chi connectivity index (χ3n) is 1.64. The predicted molar refractivity (Wildman–Crippen MR) is 48.0 cm³/mol. The Hall–Kier alpha value is -0.990. The molecule has 0 aromatic carbocycles. The van der Waals surface area contributed by atoms with Gasteiger partial charge in [-0.25, -0.2) is 15.0 Å². The molecule has 0 N–H and O–H groups in total. The summed E-state index contributed by atoms with van der Waals surface area (Å²) in [7, 11) is 0.